The number of halogens is 2. The minimum atomic E-state index is -0.567. The molecule has 2 heterocycles. The third-order valence-corrected chi connectivity index (χ3v) is 2.85. The normalized spacial score (nSPS) is 10.5. The summed E-state index contributed by atoms with van der Waals surface area (Å²) in [6.45, 7) is 0. The van der Waals surface area contributed by atoms with Crippen molar-refractivity contribution in [1.29, 1.82) is 0 Å². The molecule has 0 N–H and O–H groups in total. The van der Waals surface area contributed by atoms with E-state index in [9.17, 15) is 8.78 Å². The average molecular weight is 269 g/mol. The second kappa shape index (κ2) is 5.13. The molecule has 0 unspecified atom stereocenters. The monoisotopic (exact) mass is 269 g/mol. The van der Waals surface area contributed by atoms with E-state index < -0.39 is 11.6 Å². The Hall–Kier alpha value is -2.69. The van der Waals surface area contributed by atoms with Crippen molar-refractivity contribution in [1.82, 2.24) is 15.2 Å². The van der Waals surface area contributed by atoms with Crippen LogP contribution in [0.2, 0.25) is 0 Å². The maximum absolute atomic E-state index is 13.9. The molecule has 0 aliphatic rings. The lowest BCUT2D eigenvalue weighted by molar-refractivity contribution is 0.611. The number of hydrogen-bond donors (Lipinski definition) is 0. The van der Waals surface area contributed by atoms with E-state index in [-0.39, 0.29) is 11.3 Å². The molecular formula is C15H9F2N3. The first kappa shape index (κ1) is 12.3. The Kier molecular flexibility index (Phi) is 3.16. The van der Waals surface area contributed by atoms with E-state index in [2.05, 4.69) is 15.2 Å². The van der Waals surface area contributed by atoms with E-state index in [4.69, 9.17) is 0 Å². The van der Waals surface area contributed by atoms with Crippen molar-refractivity contribution in [3.8, 4) is 22.5 Å². The zero-order valence-corrected chi connectivity index (χ0v) is 10.3. The third kappa shape index (κ3) is 2.25. The smallest absolute Gasteiger partial charge is 0.149 e. The van der Waals surface area contributed by atoms with Crippen LogP contribution < -0.4 is 0 Å². The van der Waals surface area contributed by atoms with Gasteiger partial charge in [0.1, 0.15) is 17.3 Å². The molecule has 0 saturated carbocycles. The van der Waals surface area contributed by atoms with E-state index in [1.807, 2.05) is 0 Å². The van der Waals surface area contributed by atoms with E-state index >= 15 is 0 Å². The molecule has 20 heavy (non-hydrogen) atoms. The van der Waals surface area contributed by atoms with Gasteiger partial charge in [-0.25, -0.2) is 8.78 Å². The van der Waals surface area contributed by atoms with Gasteiger partial charge in [-0.3, -0.25) is 4.98 Å². The van der Waals surface area contributed by atoms with Crippen molar-refractivity contribution >= 4 is 0 Å². The summed E-state index contributed by atoms with van der Waals surface area (Å²) in [5, 5.41) is 7.72. The standard InChI is InChI=1S/C15H9F2N3/c16-12-6-5-10(14-4-2-8-19-20-14)9-11(12)15-13(17)3-1-7-18-15/h1-9H. The van der Waals surface area contributed by atoms with Crippen LogP contribution in [0.4, 0.5) is 8.78 Å². The van der Waals surface area contributed by atoms with E-state index in [0.717, 1.165) is 0 Å². The fraction of sp³-hybridized carbons (Fsp3) is 0. The van der Waals surface area contributed by atoms with Gasteiger partial charge in [-0.05, 0) is 42.5 Å². The van der Waals surface area contributed by atoms with Crippen LogP contribution in [-0.2, 0) is 0 Å². The molecule has 3 rings (SSSR count). The van der Waals surface area contributed by atoms with Crippen LogP contribution in [0.15, 0.2) is 54.9 Å². The SMILES string of the molecule is Fc1ccc(-c2cccnn2)cc1-c1ncccc1F. The lowest BCUT2D eigenvalue weighted by atomic mass is 10.0. The molecule has 0 saturated heterocycles. The van der Waals surface area contributed by atoms with Crippen LogP contribution in [0.5, 0.6) is 0 Å². The highest BCUT2D eigenvalue weighted by molar-refractivity contribution is 5.69. The first-order valence-corrected chi connectivity index (χ1v) is 5.94. The van der Waals surface area contributed by atoms with Crippen LogP contribution >= 0.6 is 0 Å². The van der Waals surface area contributed by atoms with Gasteiger partial charge < -0.3 is 0 Å². The highest BCUT2D eigenvalue weighted by Crippen LogP contribution is 2.27. The van der Waals surface area contributed by atoms with Crippen molar-refractivity contribution in [2.75, 3.05) is 0 Å². The lowest BCUT2D eigenvalue weighted by Gasteiger charge is -2.06. The van der Waals surface area contributed by atoms with Crippen LogP contribution in [-0.4, -0.2) is 15.2 Å². The van der Waals surface area contributed by atoms with Gasteiger partial charge in [0.15, 0.2) is 0 Å². The minimum Gasteiger partial charge on any atom is -0.253 e. The molecule has 5 heteroatoms. The number of pyridine rings is 1. The highest BCUT2D eigenvalue weighted by Gasteiger charge is 2.13. The van der Waals surface area contributed by atoms with Crippen LogP contribution in [0.25, 0.3) is 22.5 Å². The summed E-state index contributed by atoms with van der Waals surface area (Å²) in [6, 6.07) is 10.5. The molecule has 0 amide bonds. The summed E-state index contributed by atoms with van der Waals surface area (Å²) in [5.41, 5.74) is 1.33. The van der Waals surface area contributed by atoms with Crippen LogP contribution in [0, 0.1) is 11.6 Å². The van der Waals surface area contributed by atoms with Crippen molar-refractivity contribution in [2.24, 2.45) is 0 Å². The van der Waals surface area contributed by atoms with Crippen molar-refractivity contribution < 1.29 is 8.78 Å². The minimum absolute atomic E-state index is 0.0178. The second-order valence-corrected chi connectivity index (χ2v) is 4.14. The van der Waals surface area contributed by atoms with Crippen LogP contribution in [0.1, 0.15) is 0 Å². The van der Waals surface area contributed by atoms with Crippen molar-refractivity contribution in [2.45, 2.75) is 0 Å². The molecule has 1 aromatic carbocycles. The quantitative estimate of drug-likeness (QED) is 0.715. The molecule has 0 aliphatic heterocycles. The molecule has 0 bridgehead atoms. The van der Waals surface area contributed by atoms with Gasteiger partial charge in [-0.1, -0.05) is 0 Å². The summed E-state index contributed by atoms with van der Waals surface area (Å²) in [4.78, 5) is 3.89. The van der Waals surface area contributed by atoms with Gasteiger partial charge in [0.05, 0.1) is 5.69 Å². The second-order valence-electron chi connectivity index (χ2n) is 4.14. The predicted octanol–water partition coefficient (Wildman–Crippen LogP) is 3.48. The van der Waals surface area contributed by atoms with Crippen molar-refractivity contribution in [3.05, 3.63) is 66.5 Å². The Balaban J connectivity index is 2.15. The molecule has 3 nitrogen and oxygen atoms in total. The summed E-state index contributed by atoms with van der Waals surface area (Å²) in [7, 11) is 0. The summed E-state index contributed by atoms with van der Waals surface area (Å²) in [6.07, 6.45) is 2.97. The first-order valence-electron chi connectivity index (χ1n) is 5.94. The van der Waals surface area contributed by atoms with Gasteiger partial charge in [-0.15, -0.1) is 0 Å². The molecule has 3 aromatic rings. The number of benzene rings is 1. The number of rotatable bonds is 2. The molecule has 0 atom stereocenters. The van der Waals surface area contributed by atoms with Gasteiger partial charge in [0.25, 0.3) is 0 Å². The third-order valence-electron chi connectivity index (χ3n) is 2.85. The van der Waals surface area contributed by atoms with Crippen LogP contribution in [0.3, 0.4) is 0 Å². The lowest BCUT2D eigenvalue weighted by Crippen LogP contribution is -1.93. The van der Waals surface area contributed by atoms with Gasteiger partial charge >= 0.3 is 0 Å². The summed E-state index contributed by atoms with van der Waals surface area (Å²) in [5.74, 6) is -1.10. The zero-order chi connectivity index (χ0) is 13.9. The molecule has 0 radical (unpaired) electrons. The van der Waals surface area contributed by atoms with E-state index in [1.54, 1.807) is 24.4 Å². The fourth-order valence-corrected chi connectivity index (χ4v) is 1.91. The zero-order valence-electron chi connectivity index (χ0n) is 10.3. The molecule has 0 fully saturated rings. The molecule has 2 aromatic heterocycles. The van der Waals surface area contributed by atoms with E-state index in [0.29, 0.717) is 11.3 Å². The molecule has 0 aliphatic carbocycles. The fourth-order valence-electron chi connectivity index (χ4n) is 1.91. The van der Waals surface area contributed by atoms with Crippen molar-refractivity contribution in [3.63, 3.8) is 0 Å². The maximum Gasteiger partial charge on any atom is 0.149 e. The van der Waals surface area contributed by atoms with Gasteiger partial charge in [-0.2, -0.15) is 10.2 Å². The Morgan fingerprint density at radius 1 is 0.850 bits per heavy atom. The number of aromatic nitrogens is 3. The van der Waals surface area contributed by atoms with E-state index in [1.165, 1.54) is 30.5 Å². The topological polar surface area (TPSA) is 38.7 Å². The number of hydrogen-bond acceptors (Lipinski definition) is 3. The maximum atomic E-state index is 13.9. The highest BCUT2D eigenvalue weighted by atomic mass is 19.1. The molecule has 0 spiro atoms. The van der Waals surface area contributed by atoms with Gasteiger partial charge in [0.2, 0.25) is 0 Å². The summed E-state index contributed by atoms with van der Waals surface area (Å²) >= 11 is 0. The number of nitrogens with zero attached hydrogens (tertiary/aromatic N) is 3. The largest absolute Gasteiger partial charge is 0.253 e. The first-order chi connectivity index (χ1) is 9.75. The Bertz CT molecular complexity index is 745. The molecule has 98 valence electrons. The Morgan fingerprint density at radius 3 is 2.45 bits per heavy atom. The average Bonchev–Trinajstić information content (AvgIpc) is 2.49. The molecular weight excluding hydrogens is 260 g/mol. The van der Waals surface area contributed by atoms with Gasteiger partial charge in [0, 0.05) is 23.5 Å². The summed E-state index contributed by atoms with van der Waals surface area (Å²) < 4.78 is 27.6. The predicted molar refractivity (Wildman–Crippen MR) is 70.6 cm³/mol. The Morgan fingerprint density at radius 2 is 1.70 bits per heavy atom. The Labute approximate surface area is 114 Å².